The number of aliphatic imine (C=N–C) groups is 1. The zero-order valence-electron chi connectivity index (χ0n) is 19.2. The van der Waals surface area contributed by atoms with Crippen molar-refractivity contribution >= 4 is 11.9 Å². The number of hydrogen-bond donors (Lipinski definition) is 2. The zero-order chi connectivity index (χ0) is 22.6. The van der Waals surface area contributed by atoms with Crippen LogP contribution in [0.2, 0.25) is 0 Å². The maximum Gasteiger partial charge on any atom is 0.257 e. The number of methoxy groups -OCH3 is 1. The highest BCUT2D eigenvalue weighted by molar-refractivity contribution is 5.79. The Morgan fingerprint density at radius 2 is 1.68 bits per heavy atom. The first-order chi connectivity index (χ1) is 15.0. The minimum absolute atomic E-state index is 0.0456. The Kier molecular flexibility index (Phi) is 9.68. The van der Waals surface area contributed by atoms with E-state index < -0.39 is 0 Å². The number of benzene rings is 2. The lowest BCUT2D eigenvalue weighted by atomic mass is 10.1. The van der Waals surface area contributed by atoms with Crippen molar-refractivity contribution in [2.75, 3.05) is 33.9 Å². The maximum absolute atomic E-state index is 11.6. The summed E-state index contributed by atoms with van der Waals surface area (Å²) >= 11 is 0. The molecule has 0 saturated heterocycles. The van der Waals surface area contributed by atoms with Gasteiger partial charge in [0.25, 0.3) is 5.91 Å². The first-order valence-corrected chi connectivity index (χ1v) is 10.6. The minimum atomic E-state index is -0.162. The van der Waals surface area contributed by atoms with Crippen molar-refractivity contribution in [3.8, 4) is 11.5 Å². The van der Waals surface area contributed by atoms with Gasteiger partial charge in [-0.25, -0.2) is 4.99 Å². The normalized spacial score (nSPS) is 11.1. The third-order valence-electron chi connectivity index (χ3n) is 4.61. The van der Waals surface area contributed by atoms with Crippen LogP contribution in [0.4, 0.5) is 0 Å². The smallest absolute Gasteiger partial charge is 0.257 e. The molecule has 7 heteroatoms. The molecule has 7 nitrogen and oxygen atoms in total. The van der Waals surface area contributed by atoms with Crippen molar-refractivity contribution < 1.29 is 14.3 Å². The van der Waals surface area contributed by atoms with Crippen molar-refractivity contribution in [2.45, 2.75) is 33.9 Å². The average molecular weight is 427 g/mol. The topological polar surface area (TPSA) is 75.2 Å². The van der Waals surface area contributed by atoms with Crippen molar-refractivity contribution in [1.82, 2.24) is 15.5 Å². The molecular weight excluding hydrogens is 392 g/mol. The van der Waals surface area contributed by atoms with Gasteiger partial charge in [0, 0.05) is 26.7 Å². The van der Waals surface area contributed by atoms with Gasteiger partial charge in [0.15, 0.2) is 24.1 Å². The summed E-state index contributed by atoms with van der Waals surface area (Å²) in [4.78, 5) is 18.5. The fraction of sp³-hybridized carbons (Fsp3) is 0.417. The Hall–Kier alpha value is -3.22. The molecule has 0 unspecified atom stereocenters. The summed E-state index contributed by atoms with van der Waals surface area (Å²) in [5.74, 6) is 1.78. The first kappa shape index (κ1) is 24.1. The number of carbonyl (C=O) groups excluding carboxylic acids is 1. The molecule has 0 heterocycles. The Labute approximate surface area is 185 Å². The Morgan fingerprint density at radius 3 is 2.32 bits per heavy atom. The molecule has 0 atom stereocenters. The molecule has 2 aromatic carbocycles. The Bertz CT molecular complexity index is 866. The van der Waals surface area contributed by atoms with Crippen LogP contribution in [0.5, 0.6) is 11.5 Å². The number of likely N-dealkylation sites (N-methyl/N-ethyl adjacent to an activating group) is 1. The van der Waals surface area contributed by atoms with E-state index in [1.807, 2.05) is 32.2 Å². The van der Waals surface area contributed by atoms with E-state index in [4.69, 9.17) is 14.5 Å². The number of nitrogens with one attached hydrogen (secondary N) is 2. The van der Waals surface area contributed by atoms with E-state index in [2.05, 4.69) is 53.6 Å². The van der Waals surface area contributed by atoms with Crippen LogP contribution in [0.1, 0.15) is 30.5 Å². The van der Waals surface area contributed by atoms with Crippen LogP contribution < -0.4 is 20.1 Å². The molecular formula is C24H34N4O3. The van der Waals surface area contributed by atoms with Crippen molar-refractivity contribution in [2.24, 2.45) is 4.99 Å². The number of ether oxygens (including phenoxy) is 2. The fourth-order valence-corrected chi connectivity index (χ4v) is 3.00. The van der Waals surface area contributed by atoms with Gasteiger partial charge in [-0.2, -0.15) is 0 Å². The zero-order valence-corrected chi connectivity index (χ0v) is 19.2. The predicted octanol–water partition coefficient (Wildman–Crippen LogP) is 3.12. The van der Waals surface area contributed by atoms with E-state index in [0.29, 0.717) is 24.6 Å². The Balaban J connectivity index is 2.06. The van der Waals surface area contributed by atoms with Crippen LogP contribution in [0.15, 0.2) is 47.5 Å². The van der Waals surface area contributed by atoms with E-state index in [1.54, 1.807) is 7.11 Å². The van der Waals surface area contributed by atoms with Crippen LogP contribution in [0.3, 0.4) is 0 Å². The van der Waals surface area contributed by atoms with Gasteiger partial charge in [0.05, 0.1) is 13.7 Å². The molecule has 2 N–H and O–H groups in total. The standard InChI is InChI=1S/C24H34N4O3/c1-6-25-23(29)17-31-21-13-12-20(14-22(21)30-5)15-27-24(26-7-2)28(4)16-19-10-8-18(3)9-11-19/h8-14H,6-7,15-17H2,1-5H3,(H,25,29)(H,26,27). The van der Waals surface area contributed by atoms with Crippen LogP contribution >= 0.6 is 0 Å². The lowest BCUT2D eigenvalue weighted by molar-refractivity contribution is -0.123. The van der Waals surface area contributed by atoms with Crippen LogP contribution in [-0.2, 0) is 17.9 Å². The molecule has 0 aliphatic heterocycles. The molecule has 2 rings (SSSR count). The third-order valence-corrected chi connectivity index (χ3v) is 4.61. The maximum atomic E-state index is 11.6. The molecule has 31 heavy (non-hydrogen) atoms. The van der Waals surface area contributed by atoms with Crippen LogP contribution in [0.25, 0.3) is 0 Å². The van der Waals surface area contributed by atoms with Crippen molar-refractivity contribution in [3.05, 3.63) is 59.2 Å². The summed E-state index contributed by atoms with van der Waals surface area (Å²) < 4.78 is 11.0. The summed E-state index contributed by atoms with van der Waals surface area (Å²) in [6, 6.07) is 14.2. The quantitative estimate of drug-likeness (QED) is 0.451. The average Bonchev–Trinajstić information content (AvgIpc) is 2.77. The number of hydrogen-bond acceptors (Lipinski definition) is 4. The molecule has 168 valence electrons. The van der Waals surface area contributed by atoms with Gasteiger partial charge >= 0.3 is 0 Å². The van der Waals surface area contributed by atoms with E-state index in [0.717, 1.165) is 24.6 Å². The van der Waals surface area contributed by atoms with Gasteiger partial charge in [-0.15, -0.1) is 0 Å². The minimum Gasteiger partial charge on any atom is -0.493 e. The van der Waals surface area contributed by atoms with Crippen LogP contribution in [0, 0.1) is 6.92 Å². The third kappa shape index (κ3) is 7.85. The number of carbonyl (C=O) groups is 1. The predicted molar refractivity (Wildman–Crippen MR) is 125 cm³/mol. The number of aryl methyl sites for hydroxylation is 1. The SMILES string of the molecule is CCNC(=O)COc1ccc(CN=C(NCC)N(C)Cc2ccc(C)cc2)cc1OC. The molecule has 0 aromatic heterocycles. The first-order valence-electron chi connectivity index (χ1n) is 10.6. The van der Waals surface area contributed by atoms with E-state index in [1.165, 1.54) is 11.1 Å². The summed E-state index contributed by atoms with van der Waals surface area (Å²) in [5.41, 5.74) is 3.47. The largest absolute Gasteiger partial charge is 0.493 e. The monoisotopic (exact) mass is 426 g/mol. The van der Waals surface area contributed by atoms with Gasteiger partial charge in [-0.3, -0.25) is 4.79 Å². The van der Waals surface area contributed by atoms with Gasteiger partial charge in [-0.05, 0) is 44.0 Å². The molecule has 0 saturated carbocycles. The van der Waals surface area contributed by atoms with Gasteiger partial charge in [0.1, 0.15) is 0 Å². The number of amides is 1. The summed E-state index contributed by atoms with van der Waals surface area (Å²) in [5, 5.41) is 6.05. The summed E-state index contributed by atoms with van der Waals surface area (Å²) in [6.07, 6.45) is 0. The van der Waals surface area contributed by atoms with Gasteiger partial charge < -0.3 is 25.0 Å². The van der Waals surface area contributed by atoms with Gasteiger partial charge in [-0.1, -0.05) is 35.9 Å². The molecule has 0 aliphatic rings. The van der Waals surface area contributed by atoms with Crippen molar-refractivity contribution in [3.63, 3.8) is 0 Å². The summed E-state index contributed by atoms with van der Waals surface area (Å²) in [6.45, 7) is 8.58. The van der Waals surface area contributed by atoms with Gasteiger partial charge in [0.2, 0.25) is 0 Å². The van der Waals surface area contributed by atoms with E-state index >= 15 is 0 Å². The van der Waals surface area contributed by atoms with E-state index in [-0.39, 0.29) is 12.5 Å². The lowest BCUT2D eigenvalue weighted by Crippen LogP contribution is -2.38. The fourth-order valence-electron chi connectivity index (χ4n) is 3.00. The van der Waals surface area contributed by atoms with Crippen LogP contribution in [-0.4, -0.2) is 50.6 Å². The molecule has 0 fully saturated rings. The number of nitrogens with zero attached hydrogens (tertiary/aromatic N) is 2. The van der Waals surface area contributed by atoms with E-state index in [9.17, 15) is 4.79 Å². The highest BCUT2D eigenvalue weighted by atomic mass is 16.5. The summed E-state index contributed by atoms with van der Waals surface area (Å²) in [7, 11) is 3.61. The second kappa shape index (κ2) is 12.5. The molecule has 2 aromatic rings. The second-order valence-electron chi connectivity index (χ2n) is 7.24. The lowest BCUT2D eigenvalue weighted by Gasteiger charge is -2.22. The highest BCUT2D eigenvalue weighted by Gasteiger charge is 2.10. The molecule has 0 aliphatic carbocycles. The second-order valence-corrected chi connectivity index (χ2v) is 7.24. The molecule has 0 spiro atoms. The molecule has 0 radical (unpaired) electrons. The highest BCUT2D eigenvalue weighted by Crippen LogP contribution is 2.28. The molecule has 0 bridgehead atoms. The number of guanidine groups is 1. The number of rotatable bonds is 10. The van der Waals surface area contributed by atoms with Crippen molar-refractivity contribution in [1.29, 1.82) is 0 Å². The Morgan fingerprint density at radius 1 is 1.00 bits per heavy atom. The molecule has 1 amide bonds.